The first-order valence-corrected chi connectivity index (χ1v) is 7.27. The predicted molar refractivity (Wildman–Crippen MR) is 74.5 cm³/mol. The first-order valence-electron chi connectivity index (χ1n) is 7.27. The zero-order chi connectivity index (χ0) is 14.1. The highest BCUT2D eigenvalue weighted by Gasteiger charge is 2.63. The van der Waals surface area contributed by atoms with Gasteiger partial charge in [-0.2, -0.15) is 0 Å². The van der Waals surface area contributed by atoms with E-state index in [1.54, 1.807) is 0 Å². The molecule has 0 aromatic rings. The number of rotatable bonds is 1. The molecule has 0 unspecified atom stereocenters. The van der Waals surface area contributed by atoms with Gasteiger partial charge in [-0.1, -0.05) is 0 Å². The molecule has 7 heteroatoms. The lowest BCUT2D eigenvalue weighted by atomic mass is 9.37. The van der Waals surface area contributed by atoms with Crippen molar-refractivity contribution in [3.05, 3.63) is 0 Å². The van der Waals surface area contributed by atoms with Crippen molar-refractivity contribution in [1.29, 1.82) is 0 Å². The molecule has 3 aliphatic heterocycles. The van der Waals surface area contributed by atoms with Crippen molar-refractivity contribution in [2.24, 2.45) is 0 Å². The second kappa shape index (κ2) is 3.98. The van der Waals surface area contributed by atoms with Gasteiger partial charge in [-0.15, -0.1) is 0 Å². The predicted octanol–water partition coefficient (Wildman–Crippen LogP) is 1.24. The summed E-state index contributed by atoms with van der Waals surface area (Å²) >= 11 is 0. The summed E-state index contributed by atoms with van der Waals surface area (Å²) in [5.74, 6) is 0. The molecule has 0 amide bonds. The van der Waals surface area contributed by atoms with Crippen LogP contribution in [0.25, 0.3) is 0 Å². The Morgan fingerprint density at radius 3 is 1.79 bits per heavy atom. The Labute approximate surface area is 116 Å². The lowest BCUT2D eigenvalue weighted by Crippen LogP contribution is -2.62. The normalized spacial score (nSPS) is 39.8. The fourth-order valence-corrected chi connectivity index (χ4v) is 3.35. The molecule has 0 aliphatic carbocycles. The van der Waals surface area contributed by atoms with Gasteiger partial charge in [0.1, 0.15) is 0 Å². The topological polar surface area (TPSA) is 40.2 Å². The van der Waals surface area contributed by atoms with Gasteiger partial charge in [0.25, 0.3) is 0 Å². The van der Waals surface area contributed by atoms with E-state index in [9.17, 15) is 0 Å². The molecule has 0 saturated carbocycles. The summed E-state index contributed by atoms with van der Waals surface area (Å²) in [6.45, 7) is 12.5. The first-order chi connectivity index (χ1) is 8.66. The molecule has 3 heterocycles. The molecule has 0 aromatic heterocycles. The maximum absolute atomic E-state index is 6.16. The van der Waals surface area contributed by atoms with Gasteiger partial charge < -0.3 is 23.4 Å². The molecule has 3 saturated heterocycles. The highest BCUT2D eigenvalue weighted by atomic mass is 16.7. The van der Waals surface area contributed by atoms with Crippen LogP contribution >= 0.6 is 0 Å². The van der Waals surface area contributed by atoms with Gasteiger partial charge in [0.15, 0.2) is 0 Å². The molecule has 3 rings (SSSR count). The number of fused-ring (bicyclic) bond motifs is 1. The van der Waals surface area contributed by atoms with E-state index in [0.717, 1.165) is 13.1 Å². The standard InChI is InChI=1S/C12H24B2NO4/c1-9-7-15-8-10(2)17-14(15,16-9)13-18-11(3,4)12(5,6)19-13/h9-10H,7-8H2,1-6H3/q-1/t9-,10-/m1/s1. The van der Waals surface area contributed by atoms with Crippen LogP contribution in [0.15, 0.2) is 0 Å². The maximum Gasteiger partial charge on any atom is 0.349 e. The van der Waals surface area contributed by atoms with Crippen LogP contribution in [0.3, 0.4) is 0 Å². The van der Waals surface area contributed by atoms with Crippen LogP contribution in [-0.2, 0) is 18.6 Å². The molecule has 0 N–H and O–H groups in total. The summed E-state index contributed by atoms with van der Waals surface area (Å²) in [5, 5.41) is 0. The van der Waals surface area contributed by atoms with Gasteiger partial charge in [0.05, 0.1) is 11.2 Å². The summed E-state index contributed by atoms with van der Waals surface area (Å²) in [4.78, 5) is 2.26. The molecule has 0 aromatic carbocycles. The molecule has 3 aliphatic rings. The Bertz CT molecular complexity index is 360. The summed E-state index contributed by atoms with van der Waals surface area (Å²) in [7, 11) is -0.445. The van der Waals surface area contributed by atoms with Crippen molar-refractivity contribution in [3.63, 3.8) is 0 Å². The van der Waals surface area contributed by atoms with E-state index in [-0.39, 0.29) is 23.4 Å². The molecule has 108 valence electrons. The van der Waals surface area contributed by atoms with E-state index in [2.05, 4.69) is 46.4 Å². The third-order valence-corrected chi connectivity index (χ3v) is 4.96. The minimum absolute atomic E-state index is 0.159. The summed E-state index contributed by atoms with van der Waals surface area (Å²) in [5.41, 5.74) is -0.714. The molecule has 5 nitrogen and oxygen atoms in total. The molecular formula is C12H24B2NO4-. The fraction of sp³-hybridized carbons (Fsp3) is 1.00. The Balaban J connectivity index is 1.89. The SMILES string of the molecule is C[C@@H]1CN2C[C@@H](C)O[B-]2(B2OC(C)(C)C(C)(C)O2)O1. The van der Waals surface area contributed by atoms with Gasteiger partial charge in [0.2, 0.25) is 0 Å². The van der Waals surface area contributed by atoms with Gasteiger partial charge in [-0.3, -0.25) is 0 Å². The van der Waals surface area contributed by atoms with Crippen molar-refractivity contribution in [2.45, 2.75) is 65.0 Å². The second-order valence-corrected chi connectivity index (χ2v) is 7.20. The van der Waals surface area contributed by atoms with E-state index in [1.165, 1.54) is 0 Å². The lowest BCUT2D eigenvalue weighted by Gasteiger charge is -2.39. The van der Waals surface area contributed by atoms with Crippen molar-refractivity contribution in [2.75, 3.05) is 13.1 Å². The minimum Gasteiger partial charge on any atom is -0.554 e. The maximum atomic E-state index is 6.16. The van der Waals surface area contributed by atoms with E-state index in [4.69, 9.17) is 18.6 Å². The summed E-state index contributed by atoms with van der Waals surface area (Å²) in [6, 6.07) is 0. The van der Waals surface area contributed by atoms with Crippen LogP contribution in [0, 0.1) is 0 Å². The average molecular weight is 268 g/mol. The van der Waals surface area contributed by atoms with Crippen LogP contribution in [0.1, 0.15) is 41.5 Å². The van der Waals surface area contributed by atoms with E-state index < -0.39 is 13.6 Å². The number of nitrogens with zero attached hydrogens (tertiary/aromatic N) is 1. The van der Waals surface area contributed by atoms with E-state index in [0.29, 0.717) is 0 Å². The quantitative estimate of drug-likeness (QED) is 0.669. The van der Waals surface area contributed by atoms with Crippen molar-refractivity contribution < 1.29 is 18.6 Å². The first kappa shape index (κ1) is 13.9. The smallest absolute Gasteiger partial charge is 0.349 e. The third kappa shape index (κ3) is 1.90. The second-order valence-electron chi connectivity index (χ2n) is 7.20. The van der Waals surface area contributed by atoms with Crippen LogP contribution in [0.2, 0.25) is 0 Å². The largest absolute Gasteiger partial charge is 0.554 e. The van der Waals surface area contributed by atoms with Crippen LogP contribution in [0.4, 0.5) is 0 Å². The number of hydrogen-bond donors (Lipinski definition) is 0. The summed E-state index contributed by atoms with van der Waals surface area (Å²) in [6.07, 6.45) is 0.318. The highest BCUT2D eigenvalue weighted by molar-refractivity contribution is 7.21. The van der Waals surface area contributed by atoms with Crippen molar-refractivity contribution in [3.8, 4) is 0 Å². The summed E-state index contributed by atoms with van der Waals surface area (Å²) < 4.78 is 24.6. The van der Waals surface area contributed by atoms with Gasteiger partial charge in [-0.25, -0.2) is 0 Å². The zero-order valence-corrected chi connectivity index (χ0v) is 12.8. The lowest BCUT2D eigenvalue weighted by molar-refractivity contribution is 0.00578. The Kier molecular flexibility index (Phi) is 2.91. The highest BCUT2D eigenvalue weighted by Crippen LogP contribution is 2.43. The zero-order valence-electron chi connectivity index (χ0n) is 12.8. The molecule has 3 fully saturated rings. The minimum atomic E-state index is -1.64. The van der Waals surface area contributed by atoms with Crippen molar-refractivity contribution in [1.82, 2.24) is 4.81 Å². The van der Waals surface area contributed by atoms with Gasteiger partial charge >= 0.3 is 13.6 Å². The number of hydrogen-bond acceptors (Lipinski definition) is 5. The van der Waals surface area contributed by atoms with Crippen molar-refractivity contribution >= 4 is 13.6 Å². The molecular weight excluding hydrogens is 244 g/mol. The molecule has 19 heavy (non-hydrogen) atoms. The average Bonchev–Trinajstić information content (AvgIpc) is 2.74. The molecule has 2 atom stereocenters. The molecule has 0 spiro atoms. The Morgan fingerprint density at radius 2 is 1.37 bits per heavy atom. The van der Waals surface area contributed by atoms with E-state index >= 15 is 0 Å². The fourth-order valence-electron chi connectivity index (χ4n) is 3.35. The van der Waals surface area contributed by atoms with E-state index in [1.807, 2.05) is 0 Å². The Hall–Kier alpha value is -0.0701. The molecule has 0 bridgehead atoms. The Morgan fingerprint density at radius 1 is 0.947 bits per heavy atom. The monoisotopic (exact) mass is 268 g/mol. The van der Waals surface area contributed by atoms with Crippen LogP contribution < -0.4 is 0 Å². The van der Waals surface area contributed by atoms with Crippen LogP contribution in [-0.4, -0.2) is 54.9 Å². The van der Waals surface area contributed by atoms with Crippen LogP contribution in [0.5, 0.6) is 0 Å². The third-order valence-electron chi connectivity index (χ3n) is 4.96. The van der Waals surface area contributed by atoms with Gasteiger partial charge in [0, 0.05) is 12.2 Å². The van der Waals surface area contributed by atoms with Gasteiger partial charge in [-0.05, 0) is 54.6 Å². The molecule has 0 radical (unpaired) electrons.